The van der Waals surface area contributed by atoms with Gasteiger partial charge in [-0.05, 0) is 52.1 Å². The van der Waals surface area contributed by atoms with E-state index in [1.165, 1.54) is 32.2 Å². The van der Waals surface area contributed by atoms with Crippen LogP contribution in [0.2, 0.25) is 0 Å². The summed E-state index contributed by atoms with van der Waals surface area (Å²) in [6.45, 7) is 9.92. The standard InChI is InChI=1S/C15H30N2O/c1-4-8-16-10-15(7-9-18-12-15)11-17(3)13(2)14-5-6-14/h13-14,16H,4-12H2,1-3H3. The Bertz CT molecular complexity index is 247. The summed E-state index contributed by atoms with van der Waals surface area (Å²) >= 11 is 0. The molecule has 2 atom stereocenters. The lowest BCUT2D eigenvalue weighted by molar-refractivity contribution is 0.0992. The predicted molar refractivity (Wildman–Crippen MR) is 75.8 cm³/mol. The molecule has 0 radical (unpaired) electrons. The van der Waals surface area contributed by atoms with Crippen molar-refractivity contribution >= 4 is 0 Å². The molecule has 2 fully saturated rings. The van der Waals surface area contributed by atoms with Crippen molar-refractivity contribution in [3.05, 3.63) is 0 Å². The Labute approximate surface area is 112 Å². The van der Waals surface area contributed by atoms with Crippen molar-refractivity contribution in [3.63, 3.8) is 0 Å². The Hall–Kier alpha value is -0.120. The number of hydrogen-bond acceptors (Lipinski definition) is 3. The average molecular weight is 254 g/mol. The third kappa shape index (κ3) is 3.69. The van der Waals surface area contributed by atoms with Crippen LogP contribution in [0.25, 0.3) is 0 Å². The topological polar surface area (TPSA) is 24.5 Å². The fraction of sp³-hybridized carbons (Fsp3) is 1.00. The maximum absolute atomic E-state index is 5.68. The number of ether oxygens (including phenoxy) is 1. The molecule has 1 saturated carbocycles. The third-order valence-corrected chi connectivity index (χ3v) is 4.70. The van der Waals surface area contributed by atoms with Gasteiger partial charge in [-0.15, -0.1) is 0 Å². The van der Waals surface area contributed by atoms with E-state index in [2.05, 4.69) is 31.1 Å². The summed E-state index contributed by atoms with van der Waals surface area (Å²) in [6.07, 6.45) is 5.29. The number of nitrogens with zero attached hydrogens (tertiary/aromatic N) is 1. The van der Waals surface area contributed by atoms with Crippen LogP contribution in [0.3, 0.4) is 0 Å². The molecule has 2 rings (SSSR count). The highest BCUT2D eigenvalue weighted by Gasteiger charge is 2.38. The molecule has 0 aromatic rings. The maximum atomic E-state index is 5.68. The van der Waals surface area contributed by atoms with Gasteiger partial charge in [-0.1, -0.05) is 6.92 Å². The first kappa shape index (κ1) is 14.3. The van der Waals surface area contributed by atoms with Gasteiger partial charge >= 0.3 is 0 Å². The molecule has 1 aliphatic carbocycles. The van der Waals surface area contributed by atoms with Crippen molar-refractivity contribution in [2.45, 2.75) is 45.6 Å². The first-order chi connectivity index (χ1) is 8.67. The van der Waals surface area contributed by atoms with E-state index in [0.29, 0.717) is 5.41 Å². The molecule has 2 aliphatic rings. The van der Waals surface area contributed by atoms with Crippen molar-refractivity contribution in [2.75, 3.05) is 39.9 Å². The van der Waals surface area contributed by atoms with Crippen molar-refractivity contribution in [1.29, 1.82) is 0 Å². The van der Waals surface area contributed by atoms with E-state index in [1.807, 2.05) is 0 Å². The Kier molecular flexibility index (Phi) is 5.05. The summed E-state index contributed by atoms with van der Waals surface area (Å²) in [4.78, 5) is 2.57. The zero-order valence-electron chi connectivity index (χ0n) is 12.4. The molecule has 1 heterocycles. The van der Waals surface area contributed by atoms with Gasteiger partial charge in [-0.25, -0.2) is 0 Å². The quantitative estimate of drug-likeness (QED) is 0.672. The van der Waals surface area contributed by atoms with Crippen LogP contribution in [0.4, 0.5) is 0 Å². The van der Waals surface area contributed by atoms with Gasteiger partial charge in [-0.3, -0.25) is 0 Å². The normalized spacial score (nSPS) is 30.0. The largest absolute Gasteiger partial charge is 0.381 e. The fourth-order valence-electron chi connectivity index (χ4n) is 3.11. The van der Waals surface area contributed by atoms with Crippen LogP contribution in [-0.2, 0) is 4.74 Å². The summed E-state index contributed by atoms with van der Waals surface area (Å²) in [5.41, 5.74) is 0.354. The molecule has 0 spiro atoms. The molecule has 2 unspecified atom stereocenters. The van der Waals surface area contributed by atoms with Gasteiger partial charge in [0.2, 0.25) is 0 Å². The molecule has 1 aliphatic heterocycles. The van der Waals surface area contributed by atoms with Crippen LogP contribution in [0.1, 0.15) is 39.5 Å². The van der Waals surface area contributed by atoms with Crippen molar-refractivity contribution < 1.29 is 4.74 Å². The van der Waals surface area contributed by atoms with Crippen molar-refractivity contribution in [1.82, 2.24) is 10.2 Å². The molecule has 0 aromatic heterocycles. The molecule has 18 heavy (non-hydrogen) atoms. The van der Waals surface area contributed by atoms with Gasteiger partial charge in [-0.2, -0.15) is 0 Å². The fourth-order valence-corrected chi connectivity index (χ4v) is 3.11. The molecule has 3 heteroatoms. The summed E-state index contributed by atoms with van der Waals surface area (Å²) in [6, 6.07) is 0.744. The van der Waals surface area contributed by atoms with E-state index in [4.69, 9.17) is 4.74 Å². The molecule has 1 N–H and O–H groups in total. The van der Waals surface area contributed by atoms with Crippen LogP contribution >= 0.6 is 0 Å². The lowest BCUT2D eigenvalue weighted by Crippen LogP contribution is -2.46. The minimum Gasteiger partial charge on any atom is -0.381 e. The third-order valence-electron chi connectivity index (χ3n) is 4.70. The molecule has 0 aromatic carbocycles. The first-order valence-corrected chi connectivity index (χ1v) is 7.65. The van der Waals surface area contributed by atoms with Gasteiger partial charge in [0.15, 0.2) is 0 Å². The van der Waals surface area contributed by atoms with E-state index >= 15 is 0 Å². The second-order valence-electron chi connectivity index (χ2n) is 6.47. The Morgan fingerprint density at radius 1 is 1.44 bits per heavy atom. The summed E-state index contributed by atoms with van der Waals surface area (Å²) < 4.78 is 5.68. The summed E-state index contributed by atoms with van der Waals surface area (Å²) in [5.74, 6) is 0.956. The van der Waals surface area contributed by atoms with E-state index in [0.717, 1.165) is 38.3 Å². The van der Waals surface area contributed by atoms with Crippen molar-refractivity contribution in [2.24, 2.45) is 11.3 Å². The van der Waals surface area contributed by atoms with Gasteiger partial charge < -0.3 is 15.0 Å². The van der Waals surface area contributed by atoms with Crippen LogP contribution in [0, 0.1) is 11.3 Å². The van der Waals surface area contributed by atoms with Gasteiger partial charge in [0.25, 0.3) is 0 Å². The lowest BCUT2D eigenvalue weighted by Gasteiger charge is -2.35. The van der Waals surface area contributed by atoms with Crippen LogP contribution < -0.4 is 5.32 Å². The second kappa shape index (κ2) is 6.36. The Balaban J connectivity index is 1.84. The monoisotopic (exact) mass is 254 g/mol. The highest BCUT2D eigenvalue weighted by molar-refractivity contribution is 4.91. The minimum absolute atomic E-state index is 0.354. The maximum Gasteiger partial charge on any atom is 0.0547 e. The van der Waals surface area contributed by atoms with E-state index < -0.39 is 0 Å². The second-order valence-corrected chi connectivity index (χ2v) is 6.47. The molecular weight excluding hydrogens is 224 g/mol. The molecular formula is C15H30N2O. The molecule has 3 nitrogen and oxygen atoms in total. The number of nitrogens with one attached hydrogen (secondary N) is 1. The summed E-state index contributed by atoms with van der Waals surface area (Å²) in [5, 5.41) is 3.60. The zero-order chi connectivity index (χ0) is 13.0. The molecule has 1 saturated heterocycles. The van der Waals surface area contributed by atoms with E-state index in [9.17, 15) is 0 Å². The van der Waals surface area contributed by atoms with Crippen molar-refractivity contribution in [3.8, 4) is 0 Å². The molecule has 0 bridgehead atoms. The van der Waals surface area contributed by atoms with Gasteiger partial charge in [0.1, 0.15) is 0 Å². The lowest BCUT2D eigenvalue weighted by atomic mass is 9.86. The Morgan fingerprint density at radius 3 is 2.78 bits per heavy atom. The van der Waals surface area contributed by atoms with Crippen LogP contribution in [0.5, 0.6) is 0 Å². The molecule has 0 amide bonds. The van der Waals surface area contributed by atoms with Crippen LogP contribution in [-0.4, -0.2) is 50.8 Å². The van der Waals surface area contributed by atoms with Gasteiger partial charge in [0, 0.05) is 31.2 Å². The van der Waals surface area contributed by atoms with E-state index in [-0.39, 0.29) is 0 Å². The first-order valence-electron chi connectivity index (χ1n) is 7.65. The average Bonchev–Trinajstić information content (AvgIpc) is 3.11. The SMILES string of the molecule is CCCNCC1(CN(C)C(C)C2CC2)CCOC1. The number of rotatable bonds is 8. The molecule has 106 valence electrons. The smallest absolute Gasteiger partial charge is 0.0547 e. The highest BCUT2D eigenvalue weighted by atomic mass is 16.5. The number of hydrogen-bond donors (Lipinski definition) is 1. The van der Waals surface area contributed by atoms with Crippen LogP contribution in [0.15, 0.2) is 0 Å². The summed E-state index contributed by atoms with van der Waals surface area (Å²) in [7, 11) is 2.29. The predicted octanol–water partition coefficient (Wildman–Crippen LogP) is 2.12. The Morgan fingerprint density at radius 2 is 2.22 bits per heavy atom. The zero-order valence-corrected chi connectivity index (χ0v) is 12.4. The highest BCUT2D eigenvalue weighted by Crippen LogP contribution is 2.37. The minimum atomic E-state index is 0.354. The van der Waals surface area contributed by atoms with Gasteiger partial charge in [0.05, 0.1) is 6.61 Å². The van der Waals surface area contributed by atoms with E-state index in [1.54, 1.807) is 0 Å².